The molecule has 1 aliphatic heterocycles. The number of hydrogen-bond acceptors (Lipinski definition) is 5. The van der Waals surface area contributed by atoms with E-state index in [1.54, 1.807) is 23.1 Å². The second-order valence-corrected chi connectivity index (χ2v) is 7.14. The number of piperazine rings is 1. The number of nitrogens with zero attached hydrogens (tertiary/aromatic N) is 2. The minimum atomic E-state index is -0.370. The summed E-state index contributed by atoms with van der Waals surface area (Å²) in [6.07, 6.45) is 1.50. The van der Waals surface area contributed by atoms with Crippen molar-refractivity contribution in [2.45, 2.75) is 13.5 Å². The van der Waals surface area contributed by atoms with E-state index in [-0.39, 0.29) is 11.5 Å². The normalized spacial score (nSPS) is 15.4. The molecule has 6 nitrogen and oxygen atoms in total. The molecule has 7 heteroatoms. The van der Waals surface area contributed by atoms with Gasteiger partial charge >= 0.3 is 5.63 Å². The lowest BCUT2D eigenvalue weighted by atomic mass is 10.1. The van der Waals surface area contributed by atoms with Crippen molar-refractivity contribution in [2.24, 2.45) is 0 Å². The first-order valence-electron chi connectivity index (χ1n) is 8.79. The van der Waals surface area contributed by atoms with Gasteiger partial charge in [0.15, 0.2) is 5.76 Å². The number of aryl methyl sites for hydroxylation is 1. The molecule has 1 amide bonds. The highest BCUT2D eigenvalue weighted by atomic mass is 35.5. The topological polar surface area (TPSA) is 66.9 Å². The Hall–Kier alpha value is -2.57. The van der Waals surface area contributed by atoms with Gasteiger partial charge in [-0.05, 0) is 42.3 Å². The average molecular weight is 387 g/mol. The summed E-state index contributed by atoms with van der Waals surface area (Å²) < 4.78 is 10.5. The molecular formula is C20H19ClN2O4. The Morgan fingerprint density at radius 1 is 1.19 bits per heavy atom. The first-order valence-corrected chi connectivity index (χ1v) is 9.17. The van der Waals surface area contributed by atoms with E-state index >= 15 is 0 Å². The van der Waals surface area contributed by atoms with Crippen LogP contribution in [-0.4, -0.2) is 41.9 Å². The predicted octanol–water partition coefficient (Wildman–Crippen LogP) is 3.31. The highest BCUT2D eigenvalue weighted by Crippen LogP contribution is 2.26. The fraction of sp³-hybridized carbons (Fsp3) is 0.300. The number of amides is 1. The standard InChI is InChI=1S/C20H19ClN2O4/c1-13-9-18-15(11-16(13)21)14(10-19(24)27-18)12-22-4-6-23(7-5-22)20(25)17-3-2-8-26-17/h2-3,8-11H,4-7,12H2,1H3. The molecule has 0 spiro atoms. The van der Waals surface area contributed by atoms with Crippen LogP contribution in [0.2, 0.25) is 5.02 Å². The zero-order chi connectivity index (χ0) is 19.0. The molecule has 0 unspecified atom stereocenters. The lowest BCUT2D eigenvalue weighted by molar-refractivity contribution is 0.0598. The first kappa shape index (κ1) is 17.8. The van der Waals surface area contributed by atoms with Gasteiger partial charge in [-0.2, -0.15) is 0 Å². The summed E-state index contributed by atoms with van der Waals surface area (Å²) in [5.74, 6) is 0.271. The SMILES string of the molecule is Cc1cc2oc(=O)cc(CN3CCN(C(=O)c4ccco4)CC3)c2cc1Cl. The van der Waals surface area contributed by atoms with E-state index in [1.165, 1.54) is 12.3 Å². The molecular weight excluding hydrogens is 368 g/mol. The Bertz CT molecular complexity index is 1030. The van der Waals surface area contributed by atoms with E-state index in [0.717, 1.165) is 16.5 Å². The van der Waals surface area contributed by atoms with E-state index in [4.69, 9.17) is 20.4 Å². The van der Waals surface area contributed by atoms with Crippen LogP contribution in [0.15, 0.2) is 50.2 Å². The van der Waals surface area contributed by atoms with Crippen LogP contribution in [0.5, 0.6) is 0 Å². The highest BCUT2D eigenvalue weighted by Gasteiger charge is 2.24. The molecule has 0 N–H and O–H groups in total. The molecule has 0 bridgehead atoms. The van der Waals surface area contributed by atoms with Gasteiger partial charge in [0.2, 0.25) is 0 Å². The second-order valence-electron chi connectivity index (χ2n) is 6.73. The van der Waals surface area contributed by atoms with Gasteiger partial charge in [-0.3, -0.25) is 9.69 Å². The Kier molecular flexibility index (Phi) is 4.76. The van der Waals surface area contributed by atoms with Crippen molar-refractivity contribution >= 4 is 28.5 Å². The molecule has 3 aromatic rings. The number of carbonyl (C=O) groups is 1. The van der Waals surface area contributed by atoms with Crippen LogP contribution in [0.3, 0.4) is 0 Å². The maximum atomic E-state index is 12.4. The molecule has 0 aliphatic carbocycles. The molecule has 1 aromatic carbocycles. The summed E-state index contributed by atoms with van der Waals surface area (Å²) in [6.45, 7) is 5.13. The number of fused-ring (bicyclic) bond motifs is 1. The van der Waals surface area contributed by atoms with Crippen LogP contribution in [-0.2, 0) is 6.54 Å². The summed E-state index contributed by atoms with van der Waals surface area (Å²) in [5, 5.41) is 1.49. The molecule has 0 atom stereocenters. The molecule has 2 aromatic heterocycles. The third-order valence-electron chi connectivity index (χ3n) is 4.89. The molecule has 140 valence electrons. The van der Waals surface area contributed by atoms with Gasteiger partial charge in [0.05, 0.1) is 6.26 Å². The number of furan rings is 1. The summed E-state index contributed by atoms with van der Waals surface area (Å²) in [4.78, 5) is 28.3. The van der Waals surface area contributed by atoms with Gasteiger partial charge in [-0.25, -0.2) is 4.79 Å². The van der Waals surface area contributed by atoms with Crippen molar-refractivity contribution in [1.29, 1.82) is 0 Å². The number of halogens is 1. The van der Waals surface area contributed by atoms with Gasteiger partial charge in [0.1, 0.15) is 5.58 Å². The van der Waals surface area contributed by atoms with Crippen LogP contribution in [0, 0.1) is 6.92 Å². The Balaban J connectivity index is 1.50. The van der Waals surface area contributed by atoms with Crippen molar-refractivity contribution in [2.75, 3.05) is 26.2 Å². The van der Waals surface area contributed by atoms with Gasteiger partial charge in [-0.15, -0.1) is 0 Å². The van der Waals surface area contributed by atoms with Crippen molar-refractivity contribution in [3.63, 3.8) is 0 Å². The molecule has 0 saturated carbocycles. The van der Waals surface area contributed by atoms with Gasteiger partial charge in [0.25, 0.3) is 5.91 Å². The van der Waals surface area contributed by atoms with E-state index < -0.39 is 0 Å². The van der Waals surface area contributed by atoms with Crippen LogP contribution in [0.25, 0.3) is 11.0 Å². The van der Waals surface area contributed by atoms with Crippen molar-refractivity contribution in [1.82, 2.24) is 9.80 Å². The monoisotopic (exact) mass is 386 g/mol. The molecule has 3 heterocycles. The zero-order valence-electron chi connectivity index (χ0n) is 14.9. The van der Waals surface area contributed by atoms with E-state index in [0.29, 0.717) is 49.1 Å². The van der Waals surface area contributed by atoms with E-state index in [2.05, 4.69) is 4.90 Å². The lowest BCUT2D eigenvalue weighted by Crippen LogP contribution is -2.48. The lowest BCUT2D eigenvalue weighted by Gasteiger charge is -2.34. The van der Waals surface area contributed by atoms with Crippen molar-refractivity contribution in [3.05, 3.63) is 68.9 Å². The van der Waals surface area contributed by atoms with Gasteiger partial charge in [-0.1, -0.05) is 11.6 Å². The summed E-state index contributed by atoms with van der Waals surface area (Å²) in [6, 6.07) is 8.55. The smallest absolute Gasteiger partial charge is 0.336 e. The first-order chi connectivity index (χ1) is 13.0. The maximum absolute atomic E-state index is 12.4. The maximum Gasteiger partial charge on any atom is 0.336 e. The molecule has 1 aliphatic rings. The van der Waals surface area contributed by atoms with Gasteiger partial charge in [0, 0.05) is 49.2 Å². The molecule has 4 rings (SSSR count). The predicted molar refractivity (Wildman–Crippen MR) is 102 cm³/mol. The molecule has 0 radical (unpaired) electrons. The van der Waals surface area contributed by atoms with Crippen molar-refractivity contribution in [3.8, 4) is 0 Å². The van der Waals surface area contributed by atoms with Crippen LogP contribution in [0.4, 0.5) is 0 Å². The third-order valence-corrected chi connectivity index (χ3v) is 5.30. The number of benzene rings is 1. The van der Waals surface area contributed by atoms with E-state index in [9.17, 15) is 9.59 Å². The van der Waals surface area contributed by atoms with Crippen molar-refractivity contribution < 1.29 is 13.6 Å². The largest absolute Gasteiger partial charge is 0.459 e. The van der Waals surface area contributed by atoms with Crippen LogP contribution in [0.1, 0.15) is 21.7 Å². The zero-order valence-corrected chi connectivity index (χ0v) is 15.7. The fourth-order valence-electron chi connectivity index (χ4n) is 3.39. The summed E-state index contributed by atoms with van der Waals surface area (Å²) in [5.41, 5.74) is 1.93. The summed E-state index contributed by atoms with van der Waals surface area (Å²) >= 11 is 6.26. The Morgan fingerprint density at radius 3 is 2.67 bits per heavy atom. The minimum absolute atomic E-state index is 0.0901. The molecule has 27 heavy (non-hydrogen) atoms. The van der Waals surface area contributed by atoms with Crippen LogP contribution < -0.4 is 5.63 Å². The number of carbonyl (C=O) groups excluding carboxylic acids is 1. The van der Waals surface area contributed by atoms with Gasteiger partial charge < -0.3 is 13.7 Å². The van der Waals surface area contributed by atoms with E-state index in [1.807, 2.05) is 13.0 Å². The summed E-state index contributed by atoms with van der Waals surface area (Å²) in [7, 11) is 0. The Labute approximate surface area is 160 Å². The molecule has 1 fully saturated rings. The number of rotatable bonds is 3. The fourth-order valence-corrected chi connectivity index (χ4v) is 3.55. The molecule has 1 saturated heterocycles. The third kappa shape index (κ3) is 3.63. The minimum Gasteiger partial charge on any atom is -0.459 e. The highest BCUT2D eigenvalue weighted by molar-refractivity contribution is 6.32. The Morgan fingerprint density at radius 2 is 1.96 bits per heavy atom. The number of hydrogen-bond donors (Lipinski definition) is 0. The quantitative estimate of drug-likeness (QED) is 0.646. The average Bonchev–Trinajstić information content (AvgIpc) is 3.18. The second kappa shape index (κ2) is 7.21. The van der Waals surface area contributed by atoms with Crippen LogP contribution >= 0.6 is 11.6 Å².